The Balaban J connectivity index is 2.01. The lowest BCUT2D eigenvalue weighted by atomic mass is 10.2. The van der Waals surface area contributed by atoms with Crippen LogP contribution in [0.4, 0.5) is 5.82 Å². The Kier molecular flexibility index (Phi) is 2.16. The molecule has 1 fully saturated rings. The zero-order valence-electron chi connectivity index (χ0n) is 10.2. The molecule has 7 nitrogen and oxygen atoms in total. The molecule has 4 rings (SSSR count). The van der Waals surface area contributed by atoms with Crippen LogP contribution in [0.5, 0.6) is 0 Å². The molecule has 1 saturated heterocycles. The average molecular weight is 255 g/mol. The van der Waals surface area contributed by atoms with Crippen molar-refractivity contribution in [2.45, 2.75) is 12.5 Å². The SMILES string of the molecule is NC1CCN(c2ncnc3nnc4[nH]ccc4c23)C1. The Morgan fingerprint density at radius 1 is 1.32 bits per heavy atom. The first-order valence-electron chi connectivity index (χ1n) is 6.28. The number of rotatable bonds is 1. The van der Waals surface area contributed by atoms with Gasteiger partial charge < -0.3 is 15.6 Å². The molecule has 19 heavy (non-hydrogen) atoms. The third-order valence-electron chi connectivity index (χ3n) is 3.57. The summed E-state index contributed by atoms with van der Waals surface area (Å²) in [6.07, 6.45) is 4.38. The molecule has 3 N–H and O–H groups in total. The van der Waals surface area contributed by atoms with E-state index in [1.807, 2.05) is 12.3 Å². The van der Waals surface area contributed by atoms with E-state index in [0.29, 0.717) is 5.65 Å². The van der Waals surface area contributed by atoms with Gasteiger partial charge in [-0.25, -0.2) is 9.97 Å². The quantitative estimate of drug-likeness (QED) is 0.655. The molecule has 0 amide bonds. The van der Waals surface area contributed by atoms with Gasteiger partial charge in [-0.3, -0.25) is 0 Å². The number of fused-ring (bicyclic) bond motifs is 3. The van der Waals surface area contributed by atoms with Gasteiger partial charge in [-0.15, -0.1) is 10.2 Å². The van der Waals surface area contributed by atoms with Gasteiger partial charge in [0.2, 0.25) is 0 Å². The van der Waals surface area contributed by atoms with Crippen LogP contribution in [0.2, 0.25) is 0 Å². The molecule has 1 aliphatic rings. The van der Waals surface area contributed by atoms with Gasteiger partial charge in [-0.1, -0.05) is 0 Å². The predicted octanol–water partition coefficient (Wildman–Crippen LogP) is 0.438. The Labute approximate surface area is 108 Å². The van der Waals surface area contributed by atoms with E-state index in [1.165, 1.54) is 6.33 Å². The molecule has 1 aliphatic heterocycles. The molecule has 7 heteroatoms. The minimum Gasteiger partial charge on any atom is -0.354 e. The largest absolute Gasteiger partial charge is 0.354 e. The van der Waals surface area contributed by atoms with Crippen LogP contribution in [-0.4, -0.2) is 44.3 Å². The molecule has 0 aliphatic carbocycles. The number of H-pyrrole nitrogens is 1. The highest BCUT2D eigenvalue weighted by molar-refractivity contribution is 6.07. The molecule has 0 spiro atoms. The molecule has 4 heterocycles. The van der Waals surface area contributed by atoms with Crippen molar-refractivity contribution in [1.29, 1.82) is 0 Å². The number of hydrogen-bond acceptors (Lipinski definition) is 6. The van der Waals surface area contributed by atoms with Crippen molar-refractivity contribution in [2.24, 2.45) is 5.73 Å². The van der Waals surface area contributed by atoms with Gasteiger partial charge in [-0.05, 0) is 12.5 Å². The summed E-state index contributed by atoms with van der Waals surface area (Å²) < 4.78 is 0. The monoisotopic (exact) mass is 255 g/mol. The smallest absolute Gasteiger partial charge is 0.187 e. The Morgan fingerprint density at radius 2 is 2.26 bits per heavy atom. The molecular formula is C12H13N7. The summed E-state index contributed by atoms with van der Waals surface area (Å²) in [4.78, 5) is 13.9. The van der Waals surface area contributed by atoms with Gasteiger partial charge in [0, 0.05) is 30.7 Å². The Bertz CT molecular complexity index is 750. The lowest BCUT2D eigenvalue weighted by Crippen LogP contribution is -2.27. The standard InChI is InChI=1S/C12H13N7/c13-7-2-4-19(5-7)12-9-8-1-3-14-10(8)17-18-11(9)15-6-16-12/h1,3,6-7H,2,4-5,13H2,(H,14,17). The highest BCUT2D eigenvalue weighted by Crippen LogP contribution is 2.29. The molecule has 0 bridgehead atoms. The number of aromatic nitrogens is 5. The van der Waals surface area contributed by atoms with Crippen molar-refractivity contribution in [3.05, 3.63) is 18.6 Å². The Hall–Kier alpha value is -2.28. The fourth-order valence-corrected chi connectivity index (χ4v) is 2.65. The van der Waals surface area contributed by atoms with Crippen LogP contribution >= 0.6 is 0 Å². The fraction of sp³-hybridized carbons (Fsp3) is 0.333. The van der Waals surface area contributed by atoms with E-state index in [-0.39, 0.29) is 6.04 Å². The molecular weight excluding hydrogens is 242 g/mol. The van der Waals surface area contributed by atoms with Gasteiger partial charge >= 0.3 is 0 Å². The lowest BCUT2D eigenvalue weighted by Gasteiger charge is -2.18. The summed E-state index contributed by atoms with van der Waals surface area (Å²) in [6.45, 7) is 1.74. The maximum absolute atomic E-state index is 5.98. The number of anilines is 1. The van der Waals surface area contributed by atoms with Crippen molar-refractivity contribution < 1.29 is 0 Å². The van der Waals surface area contributed by atoms with E-state index < -0.39 is 0 Å². The minimum absolute atomic E-state index is 0.210. The summed E-state index contributed by atoms with van der Waals surface area (Å²) >= 11 is 0. The molecule has 3 aromatic heterocycles. The molecule has 1 atom stereocenters. The second-order valence-corrected chi connectivity index (χ2v) is 4.83. The zero-order valence-corrected chi connectivity index (χ0v) is 10.2. The van der Waals surface area contributed by atoms with Crippen LogP contribution < -0.4 is 10.6 Å². The van der Waals surface area contributed by atoms with Crippen molar-refractivity contribution in [3.8, 4) is 0 Å². The summed E-state index contributed by atoms with van der Waals surface area (Å²) in [5.41, 5.74) is 7.36. The first kappa shape index (κ1) is 10.6. The first-order chi connectivity index (χ1) is 9.33. The third kappa shape index (κ3) is 1.55. The summed E-state index contributed by atoms with van der Waals surface area (Å²) in [5.74, 6) is 0.900. The van der Waals surface area contributed by atoms with Crippen LogP contribution in [-0.2, 0) is 0 Å². The van der Waals surface area contributed by atoms with Crippen LogP contribution in [0.3, 0.4) is 0 Å². The van der Waals surface area contributed by atoms with E-state index in [4.69, 9.17) is 5.73 Å². The molecule has 0 radical (unpaired) electrons. The normalized spacial score (nSPS) is 19.6. The van der Waals surface area contributed by atoms with E-state index in [0.717, 1.165) is 41.7 Å². The second kappa shape index (κ2) is 3.86. The summed E-state index contributed by atoms with van der Waals surface area (Å²) in [7, 11) is 0. The lowest BCUT2D eigenvalue weighted by molar-refractivity contribution is 0.751. The number of nitrogens with two attached hydrogens (primary N) is 1. The molecule has 1 unspecified atom stereocenters. The van der Waals surface area contributed by atoms with Crippen LogP contribution in [0.15, 0.2) is 18.6 Å². The maximum atomic E-state index is 5.98. The number of hydrogen-bond donors (Lipinski definition) is 2. The highest BCUT2D eigenvalue weighted by Gasteiger charge is 2.23. The van der Waals surface area contributed by atoms with Crippen LogP contribution in [0.1, 0.15) is 6.42 Å². The number of nitrogens with one attached hydrogen (secondary N) is 1. The van der Waals surface area contributed by atoms with Gasteiger partial charge in [0.15, 0.2) is 11.3 Å². The fourth-order valence-electron chi connectivity index (χ4n) is 2.65. The van der Waals surface area contributed by atoms with Crippen molar-refractivity contribution in [3.63, 3.8) is 0 Å². The average Bonchev–Trinajstić information content (AvgIpc) is 3.06. The van der Waals surface area contributed by atoms with E-state index in [1.54, 1.807) is 0 Å². The zero-order chi connectivity index (χ0) is 12.8. The first-order valence-corrected chi connectivity index (χ1v) is 6.28. The van der Waals surface area contributed by atoms with Crippen molar-refractivity contribution in [2.75, 3.05) is 18.0 Å². The van der Waals surface area contributed by atoms with E-state index >= 15 is 0 Å². The Morgan fingerprint density at radius 3 is 3.11 bits per heavy atom. The maximum Gasteiger partial charge on any atom is 0.187 e. The van der Waals surface area contributed by atoms with Gasteiger partial charge in [0.25, 0.3) is 0 Å². The van der Waals surface area contributed by atoms with Gasteiger partial charge in [0.1, 0.15) is 12.1 Å². The van der Waals surface area contributed by atoms with Crippen molar-refractivity contribution in [1.82, 2.24) is 25.1 Å². The molecule has 0 saturated carbocycles. The summed E-state index contributed by atoms with van der Waals surface area (Å²) in [6, 6.07) is 2.19. The molecule has 0 aromatic carbocycles. The second-order valence-electron chi connectivity index (χ2n) is 4.83. The number of nitrogens with zero attached hydrogens (tertiary/aromatic N) is 5. The van der Waals surface area contributed by atoms with Crippen molar-refractivity contribution >= 4 is 27.9 Å². The van der Waals surface area contributed by atoms with Crippen LogP contribution in [0.25, 0.3) is 22.1 Å². The predicted molar refractivity (Wildman–Crippen MR) is 71.8 cm³/mol. The topological polar surface area (TPSA) is 96.6 Å². The molecule has 3 aromatic rings. The molecule has 96 valence electrons. The number of aromatic amines is 1. The van der Waals surface area contributed by atoms with Crippen LogP contribution in [0, 0.1) is 0 Å². The third-order valence-corrected chi connectivity index (χ3v) is 3.57. The van der Waals surface area contributed by atoms with E-state index in [2.05, 4.69) is 30.0 Å². The highest BCUT2D eigenvalue weighted by atomic mass is 15.2. The van der Waals surface area contributed by atoms with Gasteiger partial charge in [0.05, 0.1) is 5.39 Å². The summed E-state index contributed by atoms with van der Waals surface area (Å²) in [5, 5.41) is 10.2. The minimum atomic E-state index is 0.210. The van der Waals surface area contributed by atoms with E-state index in [9.17, 15) is 0 Å². The van der Waals surface area contributed by atoms with Gasteiger partial charge in [-0.2, -0.15) is 0 Å².